The van der Waals surface area contributed by atoms with E-state index in [0.717, 1.165) is 6.04 Å². The van der Waals surface area contributed by atoms with Crippen molar-refractivity contribution in [1.29, 1.82) is 0 Å². The van der Waals surface area contributed by atoms with Crippen LogP contribution in [0.1, 0.15) is 32.6 Å². The zero-order valence-electron chi connectivity index (χ0n) is 10.6. The molecule has 1 aliphatic heterocycles. The number of hydrogen-bond acceptors (Lipinski definition) is 2. The van der Waals surface area contributed by atoms with Crippen LogP contribution in [0, 0.1) is 0 Å². The van der Waals surface area contributed by atoms with Gasteiger partial charge in [-0.05, 0) is 32.7 Å². The largest absolute Gasteiger partial charge is 0.317 e. The number of rotatable bonds is 3. The lowest BCUT2D eigenvalue weighted by atomic mass is 9.84. The average molecular weight is 220 g/mol. The zero-order valence-corrected chi connectivity index (χ0v) is 10.6. The van der Waals surface area contributed by atoms with Gasteiger partial charge < -0.3 is 5.32 Å². The summed E-state index contributed by atoms with van der Waals surface area (Å²) < 4.78 is 0. The van der Waals surface area contributed by atoms with Gasteiger partial charge in [-0.1, -0.05) is 31.2 Å². The van der Waals surface area contributed by atoms with Crippen LogP contribution in [0.15, 0.2) is 24.3 Å². The second-order valence-electron chi connectivity index (χ2n) is 5.00. The van der Waals surface area contributed by atoms with E-state index in [4.69, 9.17) is 0 Å². The minimum absolute atomic E-state index is 0.313. The minimum Gasteiger partial charge on any atom is -0.317 e. The van der Waals surface area contributed by atoms with Crippen LogP contribution in [-0.4, -0.2) is 36.6 Å². The van der Waals surface area contributed by atoms with Crippen LogP contribution in [0.2, 0.25) is 0 Å². The van der Waals surface area contributed by atoms with Crippen molar-refractivity contribution in [3.8, 4) is 0 Å². The molecule has 2 nitrogen and oxygen atoms in total. The Morgan fingerprint density at radius 2 is 2.06 bits per heavy atom. The first-order valence-corrected chi connectivity index (χ1v) is 6.57. The van der Waals surface area contributed by atoms with Crippen LogP contribution in [-0.2, 0) is 0 Å². The summed E-state index contributed by atoms with van der Waals surface area (Å²) in [4.78, 5) is 2.68. The van der Waals surface area contributed by atoms with E-state index in [2.05, 4.69) is 48.5 Å². The lowest BCUT2D eigenvalue weighted by Gasteiger charge is -2.45. The maximum absolute atomic E-state index is 3.40. The number of likely N-dealkylation sites (tertiary alicyclic amines) is 1. The topological polar surface area (TPSA) is 15.3 Å². The molecular formula is C14H24N2. The predicted molar refractivity (Wildman–Crippen MR) is 69.6 cm³/mol. The van der Waals surface area contributed by atoms with Gasteiger partial charge in [0.1, 0.15) is 0 Å². The normalized spacial score (nSPS) is 32.1. The van der Waals surface area contributed by atoms with Crippen molar-refractivity contribution in [2.45, 2.75) is 44.2 Å². The van der Waals surface area contributed by atoms with E-state index in [1.54, 1.807) is 0 Å². The average Bonchev–Trinajstić information content (AvgIpc) is 2.39. The first-order chi connectivity index (χ1) is 7.80. The van der Waals surface area contributed by atoms with Gasteiger partial charge in [0, 0.05) is 24.7 Å². The molecule has 0 aromatic rings. The predicted octanol–water partition coefficient (Wildman–Crippen LogP) is 2.34. The Balaban J connectivity index is 2.01. The van der Waals surface area contributed by atoms with E-state index in [-0.39, 0.29) is 0 Å². The van der Waals surface area contributed by atoms with E-state index in [0.29, 0.717) is 5.54 Å². The van der Waals surface area contributed by atoms with Crippen LogP contribution >= 0.6 is 0 Å². The third-order valence-electron chi connectivity index (χ3n) is 4.27. The van der Waals surface area contributed by atoms with Gasteiger partial charge in [-0.3, -0.25) is 4.90 Å². The molecule has 2 heteroatoms. The third kappa shape index (κ3) is 2.23. The zero-order chi connectivity index (χ0) is 11.4. The Bertz CT molecular complexity index is 274. The number of nitrogens with one attached hydrogen (secondary N) is 1. The SMILES string of the molecule is CCC1(N2CCC(NC)CC2)C=CC=CC1. The molecule has 0 bridgehead atoms. The molecule has 90 valence electrons. The van der Waals surface area contributed by atoms with Crippen LogP contribution in [0.25, 0.3) is 0 Å². The summed E-state index contributed by atoms with van der Waals surface area (Å²) >= 11 is 0. The van der Waals surface area contributed by atoms with Crippen molar-refractivity contribution in [2.75, 3.05) is 20.1 Å². The fourth-order valence-corrected chi connectivity index (χ4v) is 2.99. The summed E-state index contributed by atoms with van der Waals surface area (Å²) in [5.41, 5.74) is 0.313. The van der Waals surface area contributed by atoms with Crippen molar-refractivity contribution < 1.29 is 0 Å². The van der Waals surface area contributed by atoms with E-state index in [1.165, 1.54) is 38.8 Å². The van der Waals surface area contributed by atoms with Gasteiger partial charge >= 0.3 is 0 Å². The summed E-state index contributed by atoms with van der Waals surface area (Å²) in [6.07, 6.45) is 14.1. The molecule has 1 N–H and O–H groups in total. The second kappa shape index (κ2) is 5.15. The first-order valence-electron chi connectivity index (χ1n) is 6.57. The van der Waals surface area contributed by atoms with Crippen molar-refractivity contribution in [2.24, 2.45) is 0 Å². The highest BCUT2D eigenvalue weighted by atomic mass is 15.2. The fourth-order valence-electron chi connectivity index (χ4n) is 2.99. The molecule has 1 heterocycles. The number of hydrogen-bond donors (Lipinski definition) is 1. The van der Waals surface area contributed by atoms with Gasteiger partial charge in [0.15, 0.2) is 0 Å². The standard InChI is InChI=1S/C14H24N2/c1-3-14(9-5-4-6-10-14)16-11-7-13(15-2)8-12-16/h4-6,9,13,15H,3,7-8,10-12H2,1-2H3. The Morgan fingerprint density at radius 1 is 1.31 bits per heavy atom. The Labute approximate surface area is 99.4 Å². The molecular weight excluding hydrogens is 196 g/mol. The smallest absolute Gasteiger partial charge is 0.0426 e. The Morgan fingerprint density at radius 3 is 2.56 bits per heavy atom. The number of nitrogens with zero attached hydrogens (tertiary/aromatic N) is 1. The summed E-state index contributed by atoms with van der Waals surface area (Å²) in [6, 6.07) is 0.730. The van der Waals surface area contributed by atoms with Crippen LogP contribution in [0.5, 0.6) is 0 Å². The van der Waals surface area contributed by atoms with Crippen molar-refractivity contribution in [3.05, 3.63) is 24.3 Å². The molecule has 2 aliphatic rings. The molecule has 1 unspecified atom stereocenters. The fraction of sp³-hybridized carbons (Fsp3) is 0.714. The molecule has 0 radical (unpaired) electrons. The molecule has 0 aromatic heterocycles. The van der Waals surface area contributed by atoms with Gasteiger partial charge in [-0.2, -0.15) is 0 Å². The molecule has 2 rings (SSSR count). The van der Waals surface area contributed by atoms with Gasteiger partial charge in [0.2, 0.25) is 0 Å². The molecule has 1 saturated heterocycles. The van der Waals surface area contributed by atoms with Crippen molar-refractivity contribution in [1.82, 2.24) is 10.2 Å². The quantitative estimate of drug-likeness (QED) is 0.785. The van der Waals surface area contributed by atoms with Crippen LogP contribution in [0.4, 0.5) is 0 Å². The highest BCUT2D eigenvalue weighted by molar-refractivity contribution is 5.21. The lowest BCUT2D eigenvalue weighted by Crippen LogP contribution is -2.53. The third-order valence-corrected chi connectivity index (χ3v) is 4.27. The molecule has 0 spiro atoms. The maximum atomic E-state index is 3.40. The van der Waals surface area contributed by atoms with E-state index in [9.17, 15) is 0 Å². The molecule has 0 amide bonds. The number of piperidine rings is 1. The minimum atomic E-state index is 0.313. The molecule has 0 aromatic carbocycles. The van der Waals surface area contributed by atoms with Crippen LogP contribution < -0.4 is 5.32 Å². The summed E-state index contributed by atoms with van der Waals surface area (Å²) in [6.45, 7) is 4.78. The maximum Gasteiger partial charge on any atom is 0.0426 e. The molecule has 1 atom stereocenters. The van der Waals surface area contributed by atoms with E-state index >= 15 is 0 Å². The van der Waals surface area contributed by atoms with Gasteiger partial charge in [0.05, 0.1) is 0 Å². The van der Waals surface area contributed by atoms with Crippen molar-refractivity contribution in [3.63, 3.8) is 0 Å². The summed E-state index contributed by atoms with van der Waals surface area (Å²) in [7, 11) is 2.08. The van der Waals surface area contributed by atoms with Crippen LogP contribution in [0.3, 0.4) is 0 Å². The van der Waals surface area contributed by atoms with Crippen molar-refractivity contribution >= 4 is 0 Å². The monoisotopic (exact) mass is 220 g/mol. The summed E-state index contributed by atoms with van der Waals surface area (Å²) in [5.74, 6) is 0. The molecule has 0 saturated carbocycles. The lowest BCUT2D eigenvalue weighted by molar-refractivity contribution is 0.0896. The van der Waals surface area contributed by atoms with E-state index < -0.39 is 0 Å². The van der Waals surface area contributed by atoms with E-state index in [1.807, 2.05) is 0 Å². The molecule has 1 fully saturated rings. The first kappa shape index (κ1) is 11.9. The highest BCUT2D eigenvalue weighted by Crippen LogP contribution is 2.31. The number of allylic oxidation sites excluding steroid dienone is 2. The Hall–Kier alpha value is -0.600. The van der Waals surface area contributed by atoms with Gasteiger partial charge in [-0.25, -0.2) is 0 Å². The highest BCUT2D eigenvalue weighted by Gasteiger charge is 2.34. The summed E-state index contributed by atoms with van der Waals surface area (Å²) in [5, 5.41) is 3.40. The van der Waals surface area contributed by atoms with Gasteiger partial charge in [0.25, 0.3) is 0 Å². The molecule has 1 aliphatic carbocycles. The Kier molecular flexibility index (Phi) is 3.82. The van der Waals surface area contributed by atoms with Gasteiger partial charge in [-0.15, -0.1) is 0 Å². The second-order valence-corrected chi connectivity index (χ2v) is 5.00. The molecule has 16 heavy (non-hydrogen) atoms.